The smallest absolute Gasteiger partial charge is 0.314 e. The fraction of sp³-hybridized carbons (Fsp3) is 0.769. The van der Waals surface area contributed by atoms with Crippen LogP contribution in [0.1, 0.15) is 50.7 Å². The lowest BCUT2D eigenvalue weighted by molar-refractivity contribution is 0.166. The third-order valence-electron chi connectivity index (χ3n) is 4.59. The summed E-state index contributed by atoms with van der Waals surface area (Å²) in [5.41, 5.74) is 5.19. The van der Waals surface area contributed by atoms with Gasteiger partial charge in [0.25, 0.3) is 0 Å². The van der Waals surface area contributed by atoms with Crippen LogP contribution in [0, 0.1) is 5.92 Å². The number of primary amides is 1. The number of nitrogens with two attached hydrogens (primary N) is 1. The van der Waals surface area contributed by atoms with Gasteiger partial charge in [0.15, 0.2) is 5.82 Å². The molecule has 0 radical (unpaired) electrons. The summed E-state index contributed by atoms with van der Waals surface area (Å²) in [6, 6.07) is -0.345. The Labute approximate surface area is 112 Å². The van der Waals surface area contributed by atoms with Gasteiger partial charge in [0, 0.05) is 24.4 Å². The zero-order valence-corrected chi connectivity index (χ0v) is 11.4. The van der Waals surface area contributed by atoms with Gasteiger partial charge < -0.3 is 15.2 Å². The molecule has 2 aliphatic rings. The van der Waals surface area contributed by atoms with E-state index >= 15 is 0 Å². The van der Waals surface area contributed by atoms with Crippen molar-refractivity contribution in [2.24, 2.45) is 11.7 Å². The molecule has 2 N–H and O–H groups in total. The second-order valence-electron chi connectivity index (χ2n) is 6.16. The van der Waals surface area contributed by atoms with Gasteiger partial charge in [-0.3, -0.25) is 0 Å². The van der Waals surface area contributed by atoms with Gasteiger partial charge in [-0.15, -0.1) is 0 Å². The van der Waals surface area contributed by atoms with Crippen LogP contribution in [0.25, 0.3) is 0 Å². The molecule has 104 valence electrons. The van der Waals surface area contributed by atoms with Crippen LogP contribution in [0.3, 0.4) is 0 Å². The highest BCUT2D eigenvalue weighted by atomic mass is 16.5. The topological polar surface area (TPSA) is 85.3 Å². The molecule has 1 aliphatic heterocycles. The quantitative estimate of drug-likeness (QED) is 0.879. The number of hydrogen-bond acceptors (Lipinski definition) is 4. The van der Waals surface area contributed by atoms with E-state index in [-0.39, 0.29) is 11.4 Å². The lowest BCUT2D eigenvalue weighted by Gasteiger charge is -2.36. The number of carbonyl (C=O) groups excluding carboxylic acids is 1. The van der Waals surface area contributed by atoms with Crippen LogP contribution in [0.5, 0.6) is 0 Å². The van der Waals surface area contributed by atoms with Gasteiger partial charge in [0.05, 0.1) is 0 Å². The van der Waals surface area contributed by atoms with E-state index in [0.29, 0.717) is 24.9 Å². The maximum Gasteiger partial charge on any atom is 0.314 e. The molecule has 19 heavy (non-hydrogen) atoms. The zero-order valence-electron chi connectivity index (χ0n) is 11.4. The Hall–Kier alpha value is -1.59. The van der Waals surface area contributed by atoms with E-state index in [1.165, 1.54) is 0 Å². The molecule has 0 spiro atoms. The van der Waals surface area contributed by atoms with E-state index in [0.717, 1.165) is 31.0 Å². The van der Waals surface area contributed by atoms with Crippen molar-refractivity contribution in [3.05, 3.63) is 11.7 Å². The summed E-state index contributed by atoms with van der Waals surface area (Å²) in [6.45, 7) is 5.66. The minimum atomic E-state index is -0.345. The molecular formula is C13H20N4O2. The van der Waals surface area contributed by atoms with Crippen LogP contribution in [-0.2, 0) is 5.41 Å². The summed E-state index contributed by atoms with van der Waals surface area (Å²) in [5.74, 6) is 2.68. The molecule has 2 fully saturated rings. The van der Waals surface area contributed by atoms with Crippen molar-refractivity contribution in [1.82, 2.24) is 15.0 Å². The molecule has 1 aromatic rings. The fourth-order valence-corrected chi connectivity index (χ4v) is 2.74. The van der Waals surface area contributed by atoms with Crippen LogP contribution >= 0.6 is 0 Å². The average Bonchev–Trinajstić information content (AvgIpc) is 2.92. The average molecular weight is 264 g/mol. The molecule has 2 atom stereocenters. The van der Waals surface area contributed by atoms with Gasteiger partial charge in [-0.1, -0.05) is 19.0 Å². The van der Waals surface area contributed by atoms with Crippen molar-refractivity contribution in [1.29, 1.82) is 0 Å². The number of piperidine rings is 1. The van der Waals surface area contributed by atoms with Crippen molar-refractivity contribution >= 4 is 6.03 Å². The van der Waals surface area contributed by atoms with Crippen LogP contribution in [0.2, 0.25) is 0 Å². The minimum Gasteiger partial charge on any atom is -0.351 e. The second-order valence-corrected chi connectivity index (χ2v) is 6.16. The van der Waals surface area contributed by atoms with E-state index in [1.807, 2.05) is 0 Å². The minimum absolute atomic E-state index is 0.105. The highest BCUT2D eigenvalue weighted by molar-refractivity contribution is 5.72. The molecule has 6 nitrogen and oxygen atoms in total. The predicted octanol–water partition coefficient (Wildman–Crippen LogP) is 1.63. The maximum absolute atomic E-state index is 11.1. The first-order valence-corrected chi connectivity index (χ1v) is 6.88. The lowest BCUT2D eigenvalue weighted by Crippen LogP contribution is -2.46. The van der Waals surface area contributed by atoms with E-state index in [2.05, 4.69) is 24.0 Å². The van der Waals surface area contributed by atoms with Gasteiger partial charge in [0.1, 0.15) is 0 Å². The Morgan fingerprint density at radius 1 is 1.47 bits per heavy atom. The molecular weight excluding hydrogens is 244 g/mol. The second kappa shape index (κ2) is 4.21. The number of likely N-dealkylation sites (tertiary alicyclic amines) is 1. The molecule has 1 saturated heterocycles. The van der Waals surface area contributed by atoms with Crippen molar-refractivity contribution < 1.29 is 9.32 Å². The van der Waals surface area contributed by atoms with Gasteiger partial charge >= 0.3 is 6.03 Å². The number of nitrogens with zero attached hydrogens (tertiary/aromatic N) is 3. The number of urea groups is 1. The molecule has 3 rings (SSSR count). The highest BCUT2D eigenvalue weighted by Gasteiger charge is 2.42. The number of amides is 2. The third-order valence-corrected chi connectivity index (χ3v) is 4.59. The largest absolute Gasteiger partial charge is 0.351 e. The van der Waals surface area contributed by atoms with E-state index in [9.17, 15) is 4.79 Å². The molecule has 1 aromatic heterocycles. The first-order chi connectivity index (χ1) is 8.99. The van der Waals surface area contributed by atoms with Crippen LogP contribution in [0.4, 0.5) is 4.79 Å². The summed E-state index contributed by atoms with van der Waals surface area (Å²) in [7, 11) is 0. The van der Waals surface area contributed by atoms with Crippen molar-refractivity contribution in [2.45, 2.75) is 44.4 Å². The van der Waals surface area contributed by atoms with Gasteiger partial charge in [-0.05, 0) is 25.2 Å². The number of hydrogen-bond donors (Lipinski definition) is 1. The highest BCUT2D eigenvalue weighted by Crippen LogP contribution is 2.46. The Morgan fingerprint density at radius 2 is 2.11 bits per heavy atom. The summed E-state index contributed by atoms with van der Waals surface area (Å²) in [5, 5.41) is 4.16. The molecule has 1 saturated carbocycles. The molecule has 2 heterocycles. The SMILES string of the molecule is C[C@H]1C[C@H]1c1nc(C2(C)CCN(C(N)=O)CC2)no1. The fourth-order valence-electron chi connectivity index (χ4n) is 2.74. The summed E-state index contributed by atoms with van der Waals surface area (Å²) in [4.78, 5) is 17.4. The van der Waals surface area contributed by atoms with Crippen LogP contribution in [-0.4, -0.2) is 34.2 Å². The summed E-state index contributed by atoms with van der Waals surface area (Å²) < 4.78 is 5.39. The maximum atomic E-state index is 11.1. The first-order valence-electron chi connectivity index (χ1n) is 6.88. The Balaban J connectivity index is 1.71. The molecule has 2 amide bonds. The van der Waals surface area contributed by atoms with E-state index < -0.39 is 0 Å². The summed E-state index contributed by atoms with van der Waals surface area (Å²) >= 11 is 0. The van der Waals surface area contributed by atoms with E-state index in [4.69, 9.17) is 10.3 Å². The number of carbonyl (C=O) groups is 1. The molecule has 0 unspecified atom stereocenters. The molecule has 6 heteroatoms. The van der Waals surface area contributed by atoms with Gasteiger partial charge in [-0.25, -0.2) is 4.79 Å². The third kappa shape index (κ3) is 2.19. The lowest BCUT2D eigenvalue weighted by atomic mass is 9.80. The van der Waals surface area contributed by atoms with Crippen molar-refractivity contribution in [3.63, 3.8) is 0 Å². The van der Waals surface area contributed by atoms with Crippen LogP contribution in [0.15, 0.2) is 4.52 Å². The predicted molar refractivity (Wildman–Crippen MR) is 68.6 cm³/mol. The zero-order chi connectivity index (χ0) is 13.6. The normalized spacial score (nSPS) is 29.3. The molecule has 0 aromatic carbocycles. The van der Waals surface area contributed by atoms with E-state index in [1.54, 1.807) is 4.90 Å². The Kier molecular flexibility index (Phi) is 2.76. The standard InChI is InChI=1S/C13H20N4O2/c1-8-7-9(8)10-15-11(16-19-10)13(2)3-5-17(6-4-13)12(14)18/h8-9H,3-7H2,1-2H3,(H2,14,18)/t8-,9+/m0/s1. The number of aromatic nitrogens is 2. The molecule has 1 aliphatic carbocycles. The monoisotopic (exact) mass is 264 g/mol. The van der Waals surface area contributed by atoms with Crippen LogP contribution < -0.4 is 5.73 Å². The Morgan fingerprint density at radius 3 is 2.63 bits per heavy atom. The Bertz CT molecular complexity index is 491. The van der Waals surface area contributed by atoms with Gasteiger partial charge in [-0.2, -0.15) is 4.98 Å². The van der Waals surface area contributed by atoms with Crippen molar-refractivity contribution in [3.8, 4) is 0 Å². The summed E-state index contributed by atoms with van der Waals surface area (Å²) in [6.07, 6.45) is 2.80. The van der Waals surface area contributed by atoms with Crippen molar-refractivity contribution in [2.75, 3.05) is 13.1 Å². The first kappa shape index (κ1) is 12.4. The van der Waals surface area contributed by atoms with Gasteiger partial charge in [0.2, 0.25) is 5.89 Å². The molecule has 0 bridgehead atoms. The number of rotatable bonds is 2.